The van der Waals surface area contributed by atoms with Crippen LogP contribution in [0.1, 0.15) is 41.3 Å². The molecule has 1 N–H and O–H groups in total. The van der Waals surface area contributed by atoms with Gasteiger partial charge in [0, 0.05) is 18.7 Å². The first-order valence-electron chi connectivity index (χ1n) is 6.99. The van der Waals surface area contributed by atoms with Crippen molar-refractivity contribution in [3.8, 4) is 0 Å². The van der Waals surface area contributed by atoms with Crippen molar-refractivity contribution in [2.45, 2.75) is 33.6 Å². The van der Waals surface area contributed by atoms with Gasteiger partial charge in [0.25, 0.3) is 5.91 Å². The van der Waals surface area contributed by atoms with Crippen LogP contribution in [0, 0.1) is 19.3 Å². The molecule has 0 spiro atoms. The molecule has 1 aliphatic heterocycles. The Morgan fingerprint density at radius 3 is 2.55 bits per heavy atom. The molecular weight excluding hydrogens is 254 g/mol. The summed E-state index contributed by atoms with van der Waals surface area (Å²) >= 11 is 0. The van der Waals surface area contributed by atoms with Crippen molar-refractivity contribution in [1.29, 1.82) is 0 Å². The Morgan fingerprint density at radius 1 is 1.35 bits per heavy atom. The van der Waals surface area contributed by atoms with E-state index in [0.717, 1.165) is 11.1 Å². The SMILES string of the molecule is CCC1(C(=O)O)CCN(C(=O)c2ccc(C)cc2C)C1. The Bertz CT molecular complexity index is 553. The molecule has 0 saturated carbocycles. The van der Waals surface area contributed by atoms with Gasteiger partial charge in [0.05, 0.1) is 5.41 Å². The second kappa shape index (κ2) is 5.27. The number of aryl methyl sites for hydroxylation is 2. The molecule has 20 heavy (non-hydrogen) atoms. The zero-order valence-electron chi connectivity index (χ0n) is 12.3. The van der Waals surface area contributed by atoms with Gasteiger partial charge < -0.3 is 10.0 Å². The number of nitrogens with zero attached hydrogens (tertiary/aromatic N) is 1. The number of rotatable bonds is 3. The minimum absolute atomic E-state index is 0.0564. The Balaban J connectivity index is 2.21. The maximum Gasteiger partial charge on any atom is 0.311 e. The molecule has 1 fully saturated rings. The van der Waals surface area contributed by atoms with Crippen LogP contribution < -0.4 is 0 Å². The van der Waals surface area contributed by atoms with E-state index in [1.807, 2.05) is 39.0 Å². The van der Waals surface area contributed by atoms with E-state index >= 15 is 0 Å². The van der Waals surface area contributed by atoms with Crippen LogP contribution in [0.25, 0.3) is 0 Å². The van der Waals surface area contributed by atoms with Crippen molar-refractivity contribution in [1.82, 2.24) is 4.90 Å². The molecule has 1 unspecified atom stereocenters. The van der Waals surface area contributed by atoms with Crippen molar-refractivity contribution in [2.75, 3.05) is 13.1 Å². The molecule has 4 heteroatoms. The Kier molecular flexibility index (Phi) is 3.84. The van der Waals surface area contributed by atoms with Crippen molar-refractivity contribution < 1.29 is 14.7 Å². The third-order valence-corrected chi connectivity index (χ3v) is 4.38. The molecule has 0 aromatic heterocycles. The molecule has 1 atom stereocenters. The first-order valence-corrected chi connectivity index (χ1v) is 6.99. The highest BCUT2D eigenvalue weighted by atomic mass is 16.4. The van der Waals surface area contributed by atoms with Gasteiger partial charge in [-0.25, -0.2) is 0 Å². The molecule has 1 saturated heterocycles. The molecule has 1 aliphatic rings. The smallest absolute Gasteiger partial charge is 0.311 e. The van der Waals surface area contributed by atoms with Gasteiger partial charge in [0.1, 0.15) is 0 Å². The van der Waals surface area contributed by atoms with E-state index in [1.165, 1.54) is 0 Å². The fourth-order valence-corrected chi connectivity index (χ4v) is 2.88. The first kappa shape index (κ1) is 14.6. The third-order valence-electron chi connectivity index (χ3n) is 4.38. The number of hydrogen-bond donors (Lipinski definition) is 1. The van der Waals surface area contributed by atoms with Crippen LogP contribution in [-0.2, 0) is 4.79 Å². The third kappa shape index (κ3) is 2.42. The van der Waals surface area contributed by atoms with Gasteiger partial charge >= 0.3 is 5.97 Å². The van der Waals surface area contributed by atoms with E-state index in [2.05, 4.69) is 0 Å². The number of aliphatic carboxylic acids is 1. The van der Waals surface area contributed by atoms with Crippen molar-refractivity contribution in [2.24, 2.45) is 5.41 Å². The van der Waals surface area contributed by atoms with Crippen molar-refractivity contribution in [3.05, 3.63) is 34.9 Å². The molecule has 1 amide bonds. The molecule has 1 aromatic rings. The lowest BCUT2D eigenvalue weighted by Gasteiger charge is -2.23. The van der Waals surface area contributed by atoms with Crippen LogP contribution >= 0.6 is 0 Å². The summed E-state index contributed by atoms with van der Waals surface area (Å²) in [5.41, 5.74) is 1.97. The summed E-state index contributed by atoms with van der Waals surface area (Å²) in [4.78, 5) is 25.6. The predicted molar refractivity (Wildman–Crippen MR) is 76.8 cm³/mol. The molecular formula is C16H21NO3. The van der Waals surface area contributed by atoms with Gasteiger partial charge in [-0.1, -0.05) is 24.6 Å². The molecule has 4 nitrogen and oxygen atoms in total. The molecule has 0 bridgehead atoms. The monoisotopic (exact) mass is 275 g/mol. The standard InChI is InChI=1S/C16H21NO3/c1-4-16(15(19)20)7-8-17(10-16)14(18)13-6-5-11(2)9-12(13)3/h5-6,9H,4,7-8,10H2,1-3H3,(H,19,20). The fourth-order valence-electron chi connectivity index (χ4n) is 2.88. The van der Waals surface area contributed by atoms with E-state index in [1.54, 1.807) is 4.90 Å². The Hall–Kier alpha value is -1.84. The molecule has 1 aromatic carbocycles. The number of hydrogen-bond acceptors (Lipinski definition) is 2. The quantitative estimate of drug-likeness (QED) is 0.922. The average Bonchev–Trinajstić information content (AvgIpc) is 2.83. The molecule has 2 rings (SSSR count). The average molecular weight is 275 g/mol. The second-order valence-corrected chi connectivity index (χ2v) is 5.73. The zero-order valence-corrected chi connectivity index (χ0v) is 12.3. The number of carboxylic acid groups (broad SMARTS) is 1. The number of likely N-dealkylation sites (tertiary alicyclic amines) is 1. The van der Waals surface area contributed by atoms with E-state index in [4.69, 9.17) is 0 Å². The number of amides is 1. The van der Waals surface area contributed by atoms with Crippen LogP contribution in [0.2, 0.25) is 0 Å². The van der Waals surface area contributed by atoms with Gasteiger partial charge in [-0.2, -0.15) is 0 Å². The number of carbonyl (C=O) groups excluding carboxylic acids is 1. The van der Waals surface area contributed by atoms with Gasteiger partial charge in [-0.05, 0) is 38.3 Å². The highest BCUT2D eigenvalue weighted by Gasteiger charge is 2.44. The summed E-state index contributed by atoms with van der Waals surface area (Å²) in [6, 6.07) is 5.73. The Morgan fingerprint density at radius 2 is 2.05 bits per heavy atom. The number of carboxylic acids is 1. The molecule has 1 heterocycles. The highest BCUT2D eigenvalue weighted by Crippen LogP contribution is 2.35. The van der Waals surface area contributed by atoms with Crippen molar-refractivity contribution >= 4 is 11.9 Å². The normalized spacial score (nSPS) is 22.1. The fraction of sp³-hybridized carbons (Fsp3) is 0.500. The maximum absolute atomic E-state index is 12.5. The van der Waals surface area contributed by atoms with Crippen LogP contribution in [0.4, 0.5) is 0 Å². The minimum Gasteiger partial charge on any atom is -0.481 e. The molecule has 0 radical (unpaired) electrons. The van der Waals surface area contributed by atoms with Crippen molar-refractivity contribution in [3.63, 3.8) is 0 Å². The van der Waals surface area contributed by atoms with Gasteiger partial charge in [-0.15, -0.1) is 0 Å². The summed E-state index contributed by atoms with van der Waals surface area (Å²) in [6.07, 6.45) is 1.09. The van der Waals surface area contributed by atoms with E-state index in [0.29, 0.717) is 31.5 Å². The van der Waals surface area contributed by atoms with Gasteiger partial charge in [0.15, 0.2) is 0 Å². The van der Waals surface area contributed by atoms with Gasteiger partial charge in [0.2, 0.25) is 0 Å². The Labute approximate surface area is 119 Å². The minimum atomic E-state index is -0.795. The topological polar surface area (TPSA) is 57.6 Å². The molecule has 108 valence electrons. The summed E-state index contributed by atoms with van der Waals surface area (Å²) < 4.78 is 0. The highest BCUT2D eigenvalue weighted by molar-refractivity contribution is 5.96. The second-order valence-electron chi connectivity index (χ2n) is 5.73. The predicted octanol–water partition coefficient (Wildman–Crippen LogP) is 2.63. The summed E-state index contributed by atoms with van der Waals surface area (Å²) in [5, 5.41) is 9.39. The van der Waals surface area contributed by atoms with Crippen LogP contribution in [-0.4, -0.2) is 35.0 Å². The lowest BCUT2D eigenvalue weighted by atomic mass is 9.84. The number of benzene rings is 1. The lowest BCUT2D eigenvalue weighted by Crippen LogP contribution is -2.36. The lowest BCUT2D eigenvalue weighted by molar-refractivity contribution is -0.148. The van der Waals surface area contributed by atoms with Gasteiger partial charge in [-0.3, -0.25) is 9.59 Å². The summed E-state index contributed by atoms with van der Waals surface area (Å²) in [7, 11) is 0. The maximum atomic E-state index is 12.5. The first-order chi connectivity index (χ1) is 9.39. The van der Waals surface area contributed by atoms with E-state index < -0.39 is 11.4 Å². The van der Waals surface area contributed by atoms with Crippen LogP contribution in [0.5, 0.6) is 0 Å². The summed E-state index contributed by atoms with van der Waals surface area (Å²) in [5.74, 6) is -0.852. The molecule has 0 aliphatic carbocycles. The largest absolute Gasteiger partial charge is 0.481 e. The van der Waals surface area contributed by atoms with Crippen LogP contribution in [0.15, 0.2) is 18.2 Å². The zero-order chi connectivity index (χ0) is 14.9. The number of carbonyl (C=O) groups is 2. The summed E-state index contributed by atoms with van der Waals surface area (Å²) in [6.45, 7) is 6.61. The van der Waals surface area contributed by atoms with E-state index in [9.17, 15) is 14.7 Å². The van der Waals surface area contributed by atoms with E-state index in [-0.39, 0.29) is 5.91 Å². The van der Waals surface area contributed by atoms with Crippen LogP contribution in [0.3, 0.4) is 0 Å².